The van der Waals surface area contributed by atoms with Crippen molar-refractivity contribution < 1.29 is 14.7 Å². The molecule has 1 N–H and O–H groups in total. The third kappa shape index (κ3) is 2.59. The number of carboxylic acid groups (broad SMARTS) is 1. The van der Waals surface area contributed by atoms with Crippen molar-refractivity contribution in [2.45, 2.75) is 50.0 Å². The van der Waals surface area contributed by atoms with Gasteiger partial charge in [0, 0.05) is 16.9 Å². The number of rotatable bonds is 2. The first kappa shape index (κ1) is 18.1. The van der Waals surface area contributed by atoms with Crippen LogP contribution in [0.3, 0.4) is 0 Å². The second kappa shape index (κ2) is 6.12. The van der Waals surface area contributed by atoms with E-state index in [4.69, 9.17) is 0 Å². The third-order valence-corrected chi connectivity index (χ3v) is 6.07. The highest BCUT2D eigenvalue weighted by molar-refractivity contribution is 7.98. The lowest BCUT2D eigenvalue weighted by molar-refractivity contribution is 0.0672. The van der Waals surface area contributed by atoms with Crippen LogP contribution < -0.4 is 0 Å². The van der Waals surface area contributed by atoms with Gasteiger partial charge < -0.3 is 10.0 Å². The molecule has 1 aromatic heterocycles. The number of hydrogen-bond donors (Lipinski definition) is 1. The van der Waals surface area contributed by atoms with Gasteiger partial charge in [-0.05, 0) is 31.2 Å². The molecule has 0 spiro atoms. The van der Waals surface area contributed by atoms with Gasteiger partial charge in [0.1, 0.15) is 5.82 Å². The van der Waals surface area contributed by atoms with E-state index in [1.165, 1.54) is 11.8 Å². The normalized spacial score (nSPS) is 18.7. The molecule has 0 saturated carbocycles. The number of benzene rings is 1. The summed E-state index contributed by atoms with van der Waals surface area (Å²) in [6.45, 7) is 6.70. The van der Waals surface area contributed by atoms with Gasteiger partial charge in [-0.3, -0.25) is 9.36 Å². The Morgan fingerprint density at radius 3 is 2.70 bits per heavy atom. The van der Waals surface area contributed by atoms with E-state index in [9.17, 15) is 14.7 Å². The first-order valence-electron chi connectivity index (χ1n) is 9.10. The number of carbonyl (C=O) groups is 2. The summed E-state index contributed by atoms with van der Waals surface area (Å²) in [6, 6.07) is 5.52. The van der Waals surface area contributed by atoms with Crippen molar-refractivity contribution in [3.8, 4) is 5.69 Å². The molecule has 7 heteroatoms. The van der Waals surface area contributed by atoms with E-state index in [0.29, 0.717) is 23.6 Å². The molecule has 1 aromatic carbocycles. The average molecular weight is 385 g/mol. The number of fused-ring (bicyclic) bond motifs is 5. The van der Waals surface area contributed by atoms with Gasteiger partial charge in [-0.15, -0.1) is 11.8 Å². The monoisotopic (exact) mass is 385 g/mol. The average Bonchev–Trinajstić information content (AvgIpc) is 3.22. The van der Waals surface area contributed by atoms with Gasteiger partial charge >= 0.3 is 5.97 Å². The van der Waals surface area contributed by atoms with Gasteiger partial charge in [-0.2, -0.15) is 0 Å². The predicted molar refractivity (Wildman–Crippen MR) is 104 cm³/mol. The van der Waals surface area contributed by atoms with E-state index in [2.05, 4.69) is 4.98 Å². The van der Waals surface area contributed by atoms with E-state index >= 15 is 0 Å². The summed E-state index contributed by atoms with van der Waals surface area (Å²) in [4.78, 5) is 32.8. The van der Waals surface area contributed by atoms with Crippen LogP contribution >= 0.6 is 11.8 Å². The van der Waals surface area contributed by atoms with Crippen molar-refractivity contribution >= 4 is 23.6 Å². The van der Waals surface area contributed by atoms with E-state index in [1.807, 2.05) is 54.7 Å². The zero-order valence-corrected chi connectivity index (χ0v) is 16.8. The zero-order valence-electron chi connectivity index (χ0n) is 15.9. The second-order valence-corrected chi connectivity index (χ2v) is 8.92. The molecular weight excluding hydrogens is 362 g/mol. The quantitative estimate of drug-likeness (QED) is 0.794. The van der Waals surface area contributed by atoms with E-state index in [0.717, 1.165) is 23.4 Å². The second-order valence-electron chi connectivity index (χ2n) is 8.07. The number of imidazole rings is 1. The van der Waals surface area contributed by atoms with Crippen LogP contribution in [0.25, 0.3) is 5.69 Å². The molecule has 0 unspecified atom stereocenters. The van der Waals surface area contributed by atoms with Gasteiger partial charge in [0.15, 0.2) is 5.69 Å². The Kier molecular flexibility index (Phi) is 4.10. The number of aromatic nitrogens is 2. The molecule has 1 fully saturated rings. The standard InChI is InChI=1S/C20H23N3O3S/c1-20(2,3)19-21-15(18(25)26)16-12-8-6-10-22(12)17(24)14-11(23(16)19)7-5-9-13(14)27-4/h5,7,9,12H,6,8,10H2,1-4H3,(H,25,26)/t12-/m0/s1. The molecule has 2 aliphatic heterocycles. The molecular formula is C20H23N3O3S. The maximum absolute atomic E-state index is 13.4. The van der Waals surface area contributed by atoms with Crippen LogP contribution in [0.4, 0.5) is 0 Å². The van der Waals surface area contributed by atoms with Crippen molar-refractivity contribution in [1.29, 1.82) is 0 Å². The summed E-state index contributed by atoms with van der Waals surface area (Å²) in [7, 11) is 0. The topological polar surface area (TPSA) is 75.4 Å². The highest BCUT2D eigenvalue weighted by Crippen LogP contribution is 2.44. The Labute approximate surface area is 162 Å². The Hall–Kier alpha value is -2.28. The number of hydrogen-bond acceptors (Lipinski definition) is 4. The molecule has 0 aliphatic carbocycles. The van der Waals surface area contributed by atoms with Gasteiger partial charge in [-0.25, -0.2) is 9.78 Å². The van der Waals surface area contributed by atoms with Crippen LogP contribution in [-0.2, 0) is 5.41 Å². The largest absolute Gasteiger partial charge is 0.476 e. The minimum atomic E-state index is -1.04. The molecule has 2 aliphatic rings. The lowest BCUT2D eigenvalue weighted by Crippen LogP contribution is -2.30. The van der Waals surface area contributed by atoms with E-state index in [1.54, 1.807) is 0 Å². The molecule has 0 bridgehead atoms. The van der Waals surface area contributed by atoms with Crippen molar-refractivity contribution in [2.75, 3.05) is 12.8 Å². The summed E-state index contributed by atoms with van der Waals surface area (Å²) in [6.07, 6.45) is 3.57. The fourth-order valence-electron chi connectivity index (χ4n) is 4.17. The number of thioether (sulfide) groups is 1. The lowest BCUT2D eigenvalue weighted by Gasteiger charge is -2.23. The Balaban J connectivity index is 2.16. The number of amides is 1. The van der Waals surface area contributed by atoms with Gasteiger partial charge in [-0.1, -0.05) is 26.8 Å². The molecule has 27 heavy (non-hydrogen) atoms. The van der Waals surface area contributed by atoms with Gasteiger partial charge in [0.25, 0.3) is 5.91 Å². The van der Waals surface area contributed by atoms with Crippen molar-refractivity contribution in [1.82, 2.24) is 14.5 Å². The molecule has 2 aromatic rings. The molecule has 1 amide bonds. The molecule has 0 radical (unpaired) electrons. The smallest absolute Gasteiger partial charge is 0.356 e. The van der Waals surface area contributed by atoms with Crippen molar-refractivity contribution in [2.24, 2.45) is 0 Å². The van der Waals surface area contributed by atoms with Crippen LogP contribution in [0.2, 0.25) is 0 Å². The van der Waals surface area contributed by atoms with Crippen LogP contribution in [0, 0.1) is 0 Å². The number of nitrogens with zero attached hydrogens (tertiary/aromatic N) is 3. The molecule has 4 rings (SSSR count). The molecule has 1 saturated heterocycles. The third-order valence-electron chi connectivity index (χ3n) is 5.29. The molecule has 6 nitrogen and oxygen atoms in total. The zero-order chi connectivity index (χ0) is 19.5. The summed E-state index contributed by atoms with van der Waals surface area (Å²) < 4.78 is 1.95. The Morgan fingerprint density at radius 2 is 2.07 bits per heavy atom. The number of carbonyl (C=O) groups excluding carboxylic acids is 1. The highest BCUT2D eigenvalue weighted by Gasteiger charge is 2.43. The predicted octanol–water partition coefficient (Wildman–Crippen LogP) is 3.88. The number of carboxylic acids is 1. The maximum Gasteiger partial charge on any atom is 0.356 e. The minimum absolute atomic E-state index is 0.0163. The first-order chi connectivity index (χ1) is 12.8. The van der Waals surface area contributed by atoms with Gasteiger partial charge in [0.2, 0.25) is 0 Å². The van der Waals surface area contributed by atoms with E-state index < -0.39 is 5.97 Å². The number of aromatic carboxylic acids is 1. The SMILES string of the molecule is CSc1cccc2c1C(=O)N1CCC[C@H]1c1c(C(=O)O)nc(C(C)(C)C)n1-2. The summed E-state index contributed by atoms with van der Waals surface area (Å²) in [5.74, 6) is -0.383. The lowest BCUT2D eigenvalue weighted by atomic mass is 9.95. The summed E-state index contributed by atoms with van der Waals surface area (Å²) in [5.41, 5.74) is 1.71. The van der Waals surface area contributed by atoms with Crippen LogP contribution in [-0.4, -0.2) is 44.2 Å². The summed E-state index contributed by atoms with van der Waals surface area (Å²) >= 11 is 1.53. The Bertz CT molecular complexity index is 958. The van der Waals surface area contributed by atoms with Crippen LogP contribution in [0.5, 0.6) is 0 Å². The maximum atomic E-state index is 13.4. The molecule has 3 heterocycles. The van der Waals surface area contributed by atoms with Crippen LogP contribution in [0.1, 0.15) is 72.0 Å². The van der Waals surface area contributed by atoms with Crippen LogP contribution in [0.15, 0.2) is 23.1 Å². The highest BCUT2D eigenvalue weighted by atomic mass is 32.2. The molecule has 142 valence electrons. The fourth-order valence-corrected chi connectivity index (χ4v) is 4.78. The van der Waals surface area contributed by atoms with Crippen molar-refractivity contribution in [3.63, 3.8) is 0 Å². The van der Waals surface area contributed by atoms with Crippen molar-refractivity contribution in [3.05, 3.63) is 41.0 Å². The minimum Gasteiger partial charge on any atom is -0.476 e. The molecule has 1 atom stereocenters. The van der Waals surface area contributed by atoms with Gasteiger partial charge in [0.05, 0.1) is 23.0 Å². The fraction of sp³-hybridized carbons (Fsp3) is 0.450. The summed E-state index contributed by atoms with van der Waals surface area (Å²) in [5, 5.41) is 9.86. The van der Waals surface area contributed by atoms with E-state index in [-0.39, 0.29) is 23.1 Å². The first-order valence-corrected chi connectivity index (χ1v) is 10.3. The Morgan fingerprint density at radius 1 is 1.33 bits per heavy atom.